The van der Waals surface area contributed by atoms with Gasteiger partial charge in [0.15, 0.2) is 12.2 Å². The average Bonchev–Trinajstić information content (AvgIpc) is 3.20. The summed E-state index contributed by atoms with van der Waals surface area (Å²) in [5.74, 6) is -0.691. The molecule has 32 heavy (non-hydrogen) atoms. The van der Waals surface area contributed by atoms with Crippen molar-refractivity contribution in [2.75, 3.05) is 13.2 Å². The molecular formula is C21H18Cl2FN3O5. The first-order chi connectivity index (χ1) is 15.3. The molecule has 1 aromatic heterocycles. The maximum Gasteiger partial charge on any atom is 0.408 e. The number of fused-ring (bicyclic) bond motifs is 1. The number of carbonyl (C=O) groups excluding carboxylic acids is 1. The summed E-state index contributed by atoms with van der Waals surface area (Å²) >= 11 is 11.7. The number of rotatable bonds is 5. The smallest absolute Gasteiger partial charge is 0.408 e. The van der Waals surface area contributed by atoms with Gasteiger partial charge < -0.3 is 19.6 Å². The first kappa shape index (κ1) is 22.2. The van der Waals surface area contributed by atoms with Crippen LogP contribution in [0.3, 0.4) is 0 Å². The number of aromatic nitrogens is 1. The van der Waals surface area contributed by atoms with E-state index in [1.54, 1.807) is 18.2 Å². The summed E-state index contributed by atoms with van der Waals surface area (Å²) in [6.45, 7) is -0.300. The molecule has 2 aromatic carbocycles. The first-order valence-corrected chi connectivity index (χ1v) is 10.5. The van der Waals surface area contributed by atoms with Crippen LogP contribution in [0.5, 0.6) is 5.75 Å². The van der Waals surface area contributed by atoms with Crippen LogP contribution in [-0.4, -0.2) is 46.2 Å². The number of halogens is 3. The summed E-state index contributed by atoms with van der Waals surface area (Å²) in [6.07, 6.45) is -0.261. The largest absolute Gasteiger partial charge is 0.484 e. The molecule has 4 rings (SSSR count). The van der Waals surface area contributed by atoms with Crippen LogP contribution in [0.15, 0.2) is 40.8 Å². The highest BCUT2D eigenvalue weighted by Crippen LogP contribution is 2.34. The number of benzene rings is 2. The Morgan fingerprint density at radius 1 is 1.25 bits per heavy atom. The minimum atomic E-state index is -1.16. The molecule has 2 amide bonds. The molecule has 1 fully saturated rings. The van der Waals surface area contributed by atoms with Crippen molar-refractivity contribution >= 4 is 46.3 Å². The van der Waals surface area contributed by atoms with E-state index in [2.05, 4.69) is 10.3 Å². The van der Waals surface area contributed by atoms with Gasteiger partial charge in [0.25, 0.3) is 5.91 Å². The molecule has 1 saturated heterocycles. The number of hydrogen-bond donors (Lipinski definition) is 2. The van der Waals surface area contributed by atoms with Crippen molar-refractivity contribution in [1.82, 2.24) is 15.2 Å². The van der Waals surface area contributed by atoms with Crippen molar-refractivity contribution in [3.63, 3.8) is 0 Å². The third kappa shape index (κ3) is 4.73. The second-order valence-corrected chi connectivity index (χ2v) is 8.11. The van der Waals surface area contributed by atoms with Crippen LogP contribution in [0.2, 0.25) is 10.0 Å². The van der Waals surface area contributed by atoms with Gasteiger partial charge in [-0.1, -0.05) is 29.3 Å². The fraction of sp³-hybridized carbons (Fsp3) is 0.286. The van der Waals surface area contributed by atoms with E-state index in [1.165, 1.54) is 17.0 Å². The third-order valence-electron chi connectivity index (χ3n) is 5.12. The van der Waals surface area contributed by atoms with Gasteiger partial charge in [0.2, 0.25) is 5.89 Å². The number of nitrogens with zero attached hydrogens (tertiary/aromatic N) is 2. The highest BCUT2D eigenvalue weighted by atomic mass is 35.5. The highest BCUT2D eigenvalue weighted by Gasteiger charge is 2.36. The lowest BCUT2D eigenvalue weighted by Gasteiger charge is -2.36. The molecule has 0 radical (unpaired) electrons. The fourth-order valence-corrected chi connectivity index (χ4v) is 3.94. The van der Waals surface area contributed by atoms with Gasteiger partial charge in [-0.05, 0) is 37.1 Å². The number of hydrogen-bond acceptors (Lipinski definition) is 5. The molecule has 1 unspecified atom stereocenters. The number of piperidine rings is 1. The number of carbonyl (C=O) groups is 2. The Hall–Kier alpha value is -3.04. The summed E-state index contributed by atoms with van der Waals surface area (Å²) in [4.78, 5) is 29.7. The number of likely N-dealkylation sites (tertiary alicyclic amines) is 1. The molecular weight excluding hydrogens is 464 g/mol. The van der Waals surface area contributed by atoms with E-state index < -0.39 is 29.9 Å². The van der Waals surface area contributed by atoms with Crippen molar-refractivity contribution in [2.24, 2.45) is 0 Å². The van der Waals surface area contributed by atoms with E-state index in [9.17, 15) is 19.1 Å². The second kappa shape index (κ2) is 9.22. The highest BCUT2D eigenvalue weighted by molar-refractivity contribution is 6.34. The van der Waals surface area contributed by atoms with Crippen molar-refractivity contribution < 1.29 is 28.2 Å². The van der Waals surface area contributed by atoms with Crippen LogP contribution >= 0.6 is 23.2 Å². The Bertz CT molecular complexity index is 1170. The van der Waals surface area contributed by atoms with E-state index in [4.69, 9.17) is 32.4 Å². The molecule has 0 aliphatic carbocycles. The minimum absolute atomic E-state index is 0.0477. The van der Waals surface area contributed by atoms with Gasteiger partial charge in [0, 0.05) is 18.7 Å². The maximum absolute atomic E-state index is 13.5. The van der Waals surface area contributed by atoms with Crippen LogP contribution in [0, 0.1) is 5.82 Å². The van der Waals surface area contributed by atoms with E-state index in [-0.39, 0.29) is 29.8 Å². The van der Waals surface area contributed by atoms with Crippen LogP contribution < -0.4 is 10.1 Å². The van der Waals surface area contributed by atoms with Crippen molar-refractivity contribution in [2.45, 2.75) is 24.9 Å². The van der Waals surface area contributed by atoms with Crippen LogP contribution in [0.4, 0.5) is 9.18 Å². The molecule has 2 N–H and O–H groups in total. The summed E-state index contributed by atoms with van der Waals surface area (Å²) in [6, 6.07) is 7.97. The third-order valence-corrected chi connectivity index (χ3v) is 5.73. The van der Waals surface area contributed by atoms with E-state index in [0.29, 0.717) is 29.0 Å². The molecule has 3 aromatic rings. The van der Waals surface area contributed by atoms with Gasteiger partial charge in [-0.25, -0.2) is 14.2 Å². The molecule has 8 nitrogen and oxygen atoms in total. The Labute approximate surface area is 191 Å². The Balaban J connectivity index is 1.39. The molecule has 0 bridgehead atoms. The summed E-state index contributed by atoms with van der Waals surface area (Å²) < 4.78 is 24.5. The number of carboxylic acid groups (broad SMARTS) is 1. The molecule has 2 atom stereocenters. The van der Waals surface area contributed by atoms with Gasteiger partial charge in [-0.2, -0.15) is 0 Å². The zero-order valence-corrected chi connectivity index (χ0v) is 18.1. The molecule has 2 heterocycles. The van der Waals surface area contributed by atoms with Gasteiger partial charge in [0.05, 0.1) is 10.0 Å². The molecule has 0 spiro atoms. The molecule has 1 aliphatic heterocycles. The zero-order valence-electron chi connectivity index (χ0n) is 16.6. The van der Waals surface area contributed by atoms with Crippen molar-refractivity contribution in [1.29, 1.82) is 0 Å². The first-order valence-electron chi connectivity index (χ1n) is 9.73. The second-order valence-electron chi connectivity index (χ2n) is 7.30. The minimum Gasteiger partial charge on any atom is -0.484 e. The fourth-order valence-electron chi connectivity index (χ4n) is 3.62. The quantitative estimate of drug-likeness (QED) is 0.549. The number of amides is 2. The lowest BCUT2D eigenvalue weighted by Crippen LogP contribution is -2.51. The van der Waals surface area contributed by atoms with Crippen molar-refractivity contribution in [3.8, 4) is 5.75 Å². The number of para-hydroxylation sites is 1. The summed E-state index contributed by atoms with van der Waals surface area (Å²) in [7, 11) is 0. The predicted molar refractivity (Wildman–Crippen MR) is 115 cm³/mol. The predicted octanol–water partition coefficient (Wildman–Crippen LogP) is 4.65. The zero-order chi connectivity index (χ0) is 22.8. The summed E-state index contributed by atoms with van der Waals surface area (Å²) in [5.41, 5.74) is 0.949. The monoisotopic (exact) mass is 481 g/mol. The van der Waals surface area contributed by atoms with E-state index in [1.807, 2.05) is 0 Å². The molecule has 168 valence electrons. The van der Waals surface area contributed by atoms with E-state index in [0.717, 1.165) is 6.07 Å². The number of nitrogens with one attached hydrogen (secondary N) is 1. The van der Waals surface area contributed by atoms with Crippen LogP contribution in [-0.2, 0) is 4.79 Å². The topological polar surface area (TPSA) is 105 Å². The van der Waals surface area contributed by atoms with Gasteiger partial charge >= 0.3 is 6.09 Å². The molecule has 11 heteroatoms. The van der Waals surface area contributed by atoms with Crippen LogP contribution in [0.25, 0.3) is 11.1 Å². The Morgan fingerprint density at radius 3 is 2.78 bits per heavy atom. The van der Waals surface area contributed by atoms with Gasteiger partial charge in [0.1, 0.15) is 23.1 Å². The normalized spacial score (nSPS) is 18.5. The van der Waals surface area contributed by atoms with Crippen LogP contribution in [0.1, 0.15) is 24.8 Å². The average molecular weight is 482 g/mol. The molecule has 0 saturated carbocycles. The molecule has 1 aliphatic rings. The Morgan fingerprint density at radius 2 is 2.06 bits per heavy atom. The van der Waals surface area contributed by atoms with Gasteiger partial charge in [-0.3, -0.25) is 9.69 Å². The van der Waals surface area contributed by atoms with E-state index >= 15 is 0 Å². The standard InChI is InChI=1S/C21H18Cl2FN3O5/c22-13-6-5-12(8-15(13)24)31-10-18(28)25-11-4-7-17(27(9-11)21(29)30)20-26-16-3-1-2-14(23)19(16)32-20/h1-3,5-6,8,11,17H,4,7,9-10H2,(H,25,28)(H,29,30)/t11?,17-/m0/s1. The maximum atomic E-state index is 13.5. The Kier molecular flexibility index (Phi) is 6.38. The van der Waals surface area contributed by atoms with Crippen molar-refractivity contribution in [3.05, 3.63) is 58.2 Å². The number of ether oxygens (including phenoxy) is 1. The lowest BCUT2D eigenvalue weighted by atomic mass is 9.98. The summed E-state index contributed by atoms with van der Waals surface area (Å²) in [5, 5.41) is 12.8. The number of oxazole rings is 1. The lowest BCUT2D eigenvalue weighted by molar-refractivity contribution is -0.124. The SMILES string of the molecule is O=C(COc1ccc(Cl)c(F)c1)NC1CC[C@@H](c2nc3cccc(Cl)c3o2)N(C(=O)O)C1. The van der Waals surface area contributed by atoms with Gasteiger partial charge in [-0.15, -0.1) is 0 Å².